The van der Waals surface area contributed by atoms with Gasteiger partial charge in [0.15, 0.2) is 0 Å². The zero-order valence-corrected chi connectivity index (χ0v) is 9.68. The third kappa shape index (κ3) is 4.31. The average molecular weight is 223 g/mol. The van der Waals surface area contributed by atoms with Crippen LogP contribution in [0.25, 0.3) is 6.08 Å². The Morgan fingerprint density at radius 1 is 1.62 bits per heavy atom. The predicted octanol–water partition coefficient (Wildman–Crippen LogP) is 1.79. The van der Waals surface area contributed by atoms with Crippen LogP contribution in [0.1, 0.15) is 12.2 Å². The molecule has 4 heteroatoms. The summed E-state index contributed by atoms with van der Waals surface area (Å²) in [6.45, 7) is 1.36. The Morgan fingerprint density at radius 3 is 3.06 bits per heavy atom. The maximum absolute atomic E-state index is 11.6. The van der Waals surface area contributed by atoms with Crippen LogP contribution < -0.4 is 0 Å². The van der Waals surface area contributed by atoms with Crippen LogP contribution in [0.3, 0.4) is 0 Å². The van der Waals surface area contributed by atoms with Crippen LogP contribution in [0.5, 0.6) is 0 Å². The average Bonchev–Trinajstić information content (AvgIpc) is 2.79. The van der Waals surface area contributed by atoms with Crippen molar-refractivity contribution in [3.05, 3.63) is 30.2 Å². The summed E-state index contributed by atoms with van der Waals surface area (Å²) >= 11 is 0. The van der Waals surface area contributed by atoms with E-state index in [1.807, 2.05) is 0 Å². The van der Waals surface area contributed by atoms with Gasteiger partial charge in [0.05, 0.1) is 6.26 Å². The Bertz CT molecular complexity index is 330. The van der Waals surface area contributed by atoms with E-state index < -0.39 is 0 Å². The number of ether oxygens (including phenoxy) is 1. The first-order valence-corrected chi connectivity index (χ1v) is 5.19. The maximum Gasteiger partial charge on any atom is 0.246 e. The molecule has 4 nitrogen and oxygen atoms in total. The minimum absolute atomic E-state index is 0.0347. The van der Waals surface area contributed by atoms with Gasteiger partial charge in [0, 0.05) is 33.4 Å². The minimum Gasteiger partial charge on any atom is -0.465 e. The highest BCUT2D eigenvalue weighted by Crippen LogP contribution is 2.02. The van der Waals surface area contributed by atoms with E-state index in [9.17, 15) is 4.79 Å². The van der Waals surface area contributed by atoms with Gasteiger partial charge in [-0.15, -0.1) is 0 Å². The molecule has 0 unspecified atom stereocenters. The summed E-state index contributed by atoms with van der Waals surface area (Å²) in [7, 11) is 3.42. The largest absolute Gasteiger partial charge is 0.465 e. The molecule has 0 aromatic carbocycles. The Morgan fingerprint density at radius 2 is 2.44 bits per heavy atom. The molecule has 1 heterocycles. The summed E-state index contributed by atoms with van der Waals surface area (Å²) in [5.74, 6) is 0.645. The first-order valence-electron chi connectivity index (χ1n) is 5.19. The van der Waals surface area contributed by atoms with Crippen LogP contribution in [0.2, 0.25) is 0 Å². The molecule has 0 bridgehead atoms. The molecule has 0 aliphatic rings. The maximum atomic E-state index is 11.6. The third-order valence-electron chi connectivity index (χ3n) is 2.15. The first kappa shape index (κ1) is 12.5. The standard InChI is InChI=1S/C12H17NO3/c1-13(8-4-9-15-2)12(14)7-6-11-5-3-10-16-11/h3,5-7,10H,4,8-9H2,1-2H3/b7-6+. The van der Waals surface area contributed by atoms with Crippen molar-refractivity contribution in [2.24, 2.45) is 0 Å². The van der Waals surface area contributed by atoms with E-state index in [1.165, 1.54) is 6.08 Å². The molecular formula is C12H17NO3. The monoisotopic (exact) mass is 223 g/mol. The van der Waals surface area contributed by atoms with Crippen molar-refractivity contribution in [1.29, 1.82) is 0 Å². The van der Waals surface area contributed by atoms with E-state index in [0.29, 0.717) is 18.9 Å². The van der Waals surface area contributed by atoms with Gasteiger partial charge in [-0.2, -0.15) is 0 Å². The highest BCUT2D eigenvalue weighted by atomic mass is 16.5. The lowest BCUT2D eigenvalue weighted by atomic mass is 10.3. The van der Waals surface area contributed by atoms with Gasteiger partial charge in [0.1, 0.15) is 5.76 Å². The van der Waals surface area contributed by atoms with Crippen LogP contribution in [0.4, 0.5) is 0 Å². The third-order valence-corrected chi connectivity index (χ3v) is 2.15. The SMILES string of the molecule is COCCCN(C)C(=O)/C=C/c1ccco1. The molecule has 1 rings (SSSR count). The number of rotatable bonds is 6. The molecule has 16 heavy (non-hydrogen) atoms. The lowest BCUT2D eigenvalue weighted by molar-refractivity contribution is -0.124. The van der Waals surface area contributed by atoms with E-state index >= 15 is 0 Å². The summed E-state index contributed by atoms with van der Waals surface area (Å²) < 4.78 is 10.0. The van der Waals surface area contributed by atoms with Crippen molar-refractivity contribution >= 4 is 12.0 Å². The fraction of sp³-hybridized carbons (Fsp3) is 0.417. The zero-order chi connectivity index (χ0) is 11.8. The van der Waals surface area contributed by atoms with Crippen molar-refractivity contribution in [3.8, 4) is 0 Å². The molecule has 88 valence electrons. The molecule has 0 aliphatic carbocycles. The van der Waals surface area contributed by atoms with Gasteiger partial charge < -0.3 is 14.1 Å². The molecule has 0 saturated heterocycles. The molecule has 1 aromatic heterocycles. The van der Waals surface area contributed by atoms with Crippen LogP contribution in [0, 0.1) is 0 Å². The Kier molecular flexibility index (Phi) is 5.36. The van der Waals surface area contributed by atoms with E-state index in [1.54, 1.807) is 43.5 Å². The number of methoxy groups -OCH3 is 1. The van der Waals surface area contributed by atoms with Gasteiger partial charge in [-0.3, -0.25) is 4.79 Å². The number of carbonyl (C=O) groups is 1. The molecule has 1 amide bonds. The molecule has 0 fully saturated rings. The topological polar surface area (TPSA) is 42.7 Å². The number of likely N-dealkylation sites (N-methyl/N-ethyl adjacent to an activating group) is 1. The van der Waals surface area contributed by atoms with Crippen molar-refractivity contribution in [2.75, 3.05) is 27.3 Å². The Hall–Kier alpha value is -1.55. The van der Waals surface area contributed by atoms with Gasteiger partial charge >= 0.3 is 0 Å². The van der Waals surface area contributed by atoms with Gasteiger partial charge in [-0.25, -0.2) is 0 Å². The first-order chi connectivity index (χ1) is 7.74. The smallest absolute Gasteiger partial charge is 0.246 e. The van der Waals surface area contributed by atoms with Crippen molar-refractivity contribution < 1.29 is 13.9 Å². The number of carbonyl (C=O) groups excluding carboxylic acids is 1. The summed E-state index contributed by atoms with van der Waals surface area (Å²) in [5.41, 5.74) is 0. The second kappa shape index (κ2) is 6.85. The second-order valence-electron chi connectivity index (χ2n) is 3.45. The summed E-state index contributed by atoms with van der Waals surface area (Å²) in [5, 5.41) is 0. The number of hydrogen-bond acceptors (Lipinski definition) is 3. The van der Waals surface area contributed by atoms with Crippen molar-refractivity contribution in [2.45, 2.75) is 6.42 Å². The molecule has 0 atom stereocenters. The van der Waals surface area contributed by atoms with Crippen LogP contribution in [0.15, 0.2) is 28.9 Å². The fourth-order valence-corrected chi connectivity index (χ4v) is 1.22. The van der Waals surface area contributed by atoms with E-state index in [4.69, 9.17) is 9.15 Å². The second-order valence-corrected chi connectivity index (χ2v) is 3.45. The molecular weight excluding hydrogens is 206 g/mol. The molecule has 0 radical (unpaired) electrons. The van der Waals surface area contributed by atoms with Crippen molar-refractivity contribution in [3.63, 3.8) is 0 Å². The summed E-state index contributed by atoms with van der Waals surface area (Å²) in [4.78, 5) is 13.2. The van der Waals surface area contributed by atoms with E-state index in [0.717, 1.165) is 6.42 Å². The summed E-state index contributed by atoms with van der Waals surface area (Å²) in [6, 6.07) is 3.58. The minimum atomic E-state index is -0.0347. The van der Waals surface area contributed by atoms with Gasteiger partial charge in [0.2, 0.25) is 5.91 Å². The van der Waals surface area contributed by atoms with Gasteiger partial charge in [-0.05, 0) is 24.6 Å². The molecule has 0 spiro atoms. The fourth-order valence-electron chi connectivity index (χ4n) is 1.22. The lowest BCUT2D eigenvalue weighted by Gasteiger charge is -2.14. The Labute approximate surface area is 95.5 Å². The number of amides is 1. The van der Waals surface area contributed by atoms with Gasteiger partial charge in [0.25, 0.3) is 0 Å². The van der Waals surface area contributed by atoms with E-state index in [-0.39, 0.29) is 5.91 Å². The van der Waals surface area contributed by atoms with Crippen LogP contribution >= 0.6 is 0 Å². The number of furan rings is 1. The molecule has 1 aromatic rings. The Balaban J connectivity index is 2.34. The predicted molar refractivity (Wildman–Crippen MR) is 61.9 cm³/mol. The number of nitrogens with zero attached hydrogens (tertiary/aromatic N) is 1. The normalized spacial score (nSPS) is 10.9. The number of hydrogen-bond donors (Lipinski definition) is 0. The zero-order valence-electron chi connectivity index (χ0n) is 9.68. The summed E-state index contributed by atoms with van der Waals surface area (Å²) in [6.07, 6.45) is 5.58. The van der Waals surface area contributed by atoms with Crippen molar-refractivity contribution in [1.82, 2.24) is 4.90 Å². The molecule has 0 N–H and O–H groups in total. The van der Waals surface area contributed by atoms with Crippen LogP contribution in [-0.2, 0) is 9.53 Å². The van der Waals surface area contributed by atoms with E-state index in [2.05, 4.69) is 0 Å². The van der Waals surface area contributed by atoms with Gasteiger partial charge in [-0.1, -0.05) is 0 Å². The highest BCUT2D eigenvalue weighted by molar-refractivity contribution is 5.91. The molecule has 0 saturated carbocycles. The quantitative estimate of drug-likeness (QED) is 0.545. The van der Waals surface area contributed by atoms with Crippen LogP contribution in [-0.4, -0.2) is 38.1 Å². The highest BCUT2D eigenvalue weighted by Gasteiger charge is 2.03. The lowest BCUT2D eigenvalue weighted by Crippen LogP contribution is -2.26. The molecule has 0 aliphatic heterocycles.